The van der Waals surface area contributed by atoms with E-state index in [4.69, 9.17) is 4.74 Å². The van der Waals surface area contributed by atoms with Crippen molar-refractivity contribution >= 4 is 5.91 Å². The normalized spacial score (nSPS) is 23.4. The maximum absolute atomic E-state index is 11.8. The minimum absolute atomic E-state index is 0.0618. The van der Waals surface area contributed by atoms with Crippen LogP contribution >= 0.6 is 0 Å². The molecular formula is C15H20N2O2. The Bertz CT molecular complexity index is 487. The van der Waals surface area contributed by atoms with Crippen LogP contribution in [0.4, 0.5) is 0 Å². The molecule has 19 heavy (non-hydrogen) atoms. The van der Waals surface area contributed by atoms with Gasteiger partial charge in [0.25, 0.3) is 0 Å². The van der Waals surface area contributed by atoms with E-state index in [1.54, 1.807) is 0 Å². The molecule has 1 aromatic rings. The lowest BCUT2D eigenvalue weighted by molar-refractivity contribution is -0.124. The van der Waals surface area contributed by atoms with E-state index in [1.165, 1.54) is 11.1 Å². The van der Waals surface area contributed by atoms with Crippen LogP contribution in [-0.4, -0.2) is 25.1 Å². The van der Waals surface area contributed by atoms with E-state index in [1.807, 2.05) is 6.07 Å². The van der Waals surface area contributed by atoms with Crippen LogP contribution in [0.15, 0.2) is 18.2 Å². The number of benzene rings is 1. The quantitative estimate of drug-likeness (QED) is 0.867. The monoisotopic (exact) mass is 260 g/mol. The first-order valence-electron chi connectivity index (χ1n) is 7.03. The lowest BCUT2D eigenvalue weighted by atomic mass is 10.0. The van der Waals surface area contributed by atoms with Gasteiger partial charge in [-0.15, -0.1) is 0 Å². The summed E-state index contributed by atoms with van der Waals surface area (Å²) in [6, 6.07) is 6.44. The highest BCUT2D eigenvalue weighted by Crippen LogP contribution is 2.28. The maximum atomic E-state index is 11.8. The van der Waals surface area contributed by atoms with Crippen molar-refractivity contribution in [3.8, 4) is 5.75 Å². The topological polar surface area (TPSA) is 50.4 Å². The molecule has 2 unspecified atom stereocenters. The number of piperidine rings is 1. The average Bonchev–Trinajstić information content (AvgIpc) is 2.88. The minimum atomic E-state index is -0.0618. The Balaban J connectivity index is 1.69. The third-order valence-corrected chi connectivity index (χ3v) is 3.95. The molecule has 2 N–H and O–H groups in total. The van der Waals surface area contributed by atoms with Crippen molar-refractivity contribution in [3.63, 3.8) is 0 Å². The van der Waals surface area contributed by atoms with Crippen molar-refractivity contribution in [2.75, 3.05) is 13.2 Å². The Morgan fingerprint density at radius 3 is 3.21 bits per heavy atom. The third kappa shape index (κ3) is 2.59. The van der Waals surface area contributed by atoms with Gasteiger partial charge in [0.2, 0.25) is 5.91 Å². The number of amides is 1. The average molecular weight is 260 g/mol. The van der Waals surface area contributed by atoms with Crippen LogP contribution < -0.4 is 15.4 Å². The summed E-state index contributed by atoms with van der Waals surface area (Å²) in [5.41, 5.74) is 2.50. The fourth-order valence-corrected chi connectivity index (χ4v) is 2.80. The molecule has 102 valence electrons. The zero-order valence-corrected chi connectivity index (χ0v) is 11.2. The highest BCUT2D eigenvalue weighted by molar-refractivity contribution is 5.82. The zero-order valence-electron chi connectivity index (χ0n) is 11.2. The van der Waals surface area contributed by atoms with E-state index < -0.39 is 0 Å². The summed E-state index contributed by atoms with van der Waals surface area (Å²) in [6.45, 7) is 3.70. The van der Waals surface area contributed by atoms with Crippen molar-refractivity contribution in [3.05, 3.63) is 29.3 Å². The summed E-state index contributed by atoms with van der Waals surface area (Å²) in [5, 5.41) is 6.33. The van der Waals surface area contributed by atoms with Gasteiger partial charge in [-0.05, 0) is 37.0 Å². The minimum Gasteiger partial charge on any atom is -0.493 e. The SMILES string of the molecule is CC(NC1CCCNC1=O)c1ccc2c(c1)CCO2. The van der Waals surface area contributed by atoms with Gasteiger partial charge in [0.05, 0.1) is 12.6 Å². The Morgan fingerprint density at radius 1 is 1.47 bits per heavy atom. The van der Waals surface area contributed by atoms with E-state index in [0.29, 0.717) is 0 Å². The number of nitrogens with one attached hydrogen (secondary N) is 2. The number of fused-ring (bicyclic) bond motifs is 1. The van der Waals surface area contributed by atoms with Gasteiger partial charge in [-0.25, -0.2) is 0 Å². The van der Waals surface area contributed by atoms with Crippen LogP contribution in [0.1, 0.15) is 36.9 Å². The molecule has 0 aromatic heterocycles. The van der Waals surface area contributed by atoms with E-state index >= 15 is 0 Å². The molecule has 2 heterocycles. The summed E-state index contributed by atoms with van der Waals surface area (Å²) in [7, 11) is 0. The summed E-state index contributed by atoms with van der Waals surface area (Å²) < 4.78 is 5.52. The molecule has 0 radical (unpaired) electrons. The zero-order chi connectivity index (χ0) is 13.2. The number of carbonyl (C=O) groups excluding carboxylic acids is 1. The van der Waals surface area contributed by atoms with Gasteiger partial charge in [0, 0.05) is 19.0 Å². The van der Waals surface area contributed by atoms with Gasteiger partial charge in [-0.2, -0.15) is 0 Å². The number of rotatable bonds is 3. The standard InChI is InChI=1S/C15H20N2O2/c1-10(17-13-3-2-7-16-15(13)18)11-4-5-14-12(9-11)6-8-19-14/h4-5,9-10,13,17H,2-3,6-8H2,1H3,(H,16,18). The Labute approximate surface area is 113 Å². The number of ether oxygens (including phenoxy) is 1. The molecule has 0 saturated carbocycles. The molecule has 1 saturated heterocycles. The summed E-state index contributed by atoms with van der Waals surface area (Å²) in [4.78, 5) is 11.8. The molecule has 1 amide bonds. The first-order valence-corrected chi connectivity index (χ1v) is 7.03. The first kappa shape index (κ1) is 12.5. The lowest BCUT2D eigenvalue weighted by Gasteiger charge is -2.26. The largest absolute Gasteiger partial charge is 0.493 e. The smallest absolute Gasteiger partial charge is 0.237 e. The van der Waals surface area contributed by atoms with Gasteiger partial charge in [-0.3, -0.25) is 10.1 Å². The van der Waals surface area contributed by atoms with Crippen LogP contribution in [-0.2, 0) is 11.2 Å². The second-order valence-electron chi connectivity index (χ2n) is 5.34. The maximum Gasteiger partial charge on any atom is 0.237 e. The van der Waals surface area contributed by atoms with Crippen LogP contribution in [0.3, 0.4) is 0 Å². The van der Waals surface area contributed by atoms with Crippen LogP contribution in [0.5, 0.6) is 5.75 Å². The molecule has 2 aliphatic rings. The van der Waals surface area contributed by atoms with Gasteiger partial charge in [0.15, 0.2) is 0 Å². The Morgan fingerprint density at radius 2 is 2.37 bits per heavy atom. The van der Waals surface area contributed by atoms with Crippen LogP contribution in [0.25, 0.3) is 0 Å². The molecule has 4 heteroatoms. The van der Waals surface area contributed by atoms with Gasteiger partial charge in [-0.1, -0.05) is 12.1 Å². The summed E-state index contributed by atoms with van der Waals surface area (Å²) in [5.74, 6) is 1.13. The molecule has 1 fully saturated rings. The van der Waals surface area contributed by atoms with Crippen molar-refractivity contribution in [2.45, 2.75) is 38.3 Å². The summed E-state index contributed by atoms with van der Waals surface area (Å²) >= 11 is 0. The molecule has 3 rings (SSSR count). The number of hydrogen-bond acceptors (Lipinski definition) is 3. The van der Waals surface area contributed by atoms with Crippen molar-refractivity contribution in [2.24, 2.45) is 0 Å². The van der Waals surface area contributed by atoms with Gasteiger partial charge < -0.3 is 10.1 Å². The molecule has 0 spiro atoms. The van der Waals surface area contributed by atoms with Crippen LogP contribution in [0, 0.1) is 0 Å². The van der Waals surface area contributed by atoms with Crippen molar-refractivity contribution in [1.29, 1.82) is 0 Å². The van der Waals surface area contributed by atoms with Crippen molar-refractivity contribution in [1.82, 2.24) is 10.6 Å². The first-order chi connectivity index (χ1) is 9.24. The number of carbonyl (C=O) groups is 1. The predicted molar refractivity (Wildman–Crippen MR) is 73.2 cm³/mol. The highest BCUT2D eigenvalue weighted by atomic mass is 16.5. The fraction of sp³-hybridized carbons (Fsp3) is 0.533. The molecule has 0 aliphatic carbocycles. The van der Waals surface area contributed by atoms with E-state index in [-0.39, 0.29) is 18.0 Å². The van der Waals surface area contributed by atoms with E-state index in [2.05, 4.69) is 29.7 Å². The summed E-state index contributed by atoms with van der Waals surface area (Å²) in [6.07, 6.45) is 2.96. The molecule has 2 aliphatic heterocycles. The molecule has 1 aromatic carbocycles. The molecule has 4 nitrogen and oxygen atoms in total. The third-order valence-electron chi connectivity index (χ3n) is 3.95. The predicted octanol–water partition coefficient (Wildman–Crippen LogP) is 1.55. The van der Waals surface area contributed by atoms with Gasteiger partial charge in [0.1, 0.15) is 5.75 Å². The molecule has 0 bridgehead atoms. The fourth-order valence-electron chi connectivity index (χ4n) is 2.80. The molecule has 2 atom stereocenters. The Kier molecular flexibility index (Phi) is 3.42. The van der Waals surface area contributed by atoms with E-state index in [9.17, 15) is 4.79 Å². The lowest BCUT2D eigenvalue weighted by Crippen LogP contribution is -2.48. The number of hydrogen-bond donors (Lipinski definition) is 2. The van der Waals surface area contributed by atoms with Crippen molar-refractivity contribution < 1.29 is 9.53 Å². The molecular weight excluding hydrogens is 240 g/mol. The second kappa shape index (κ2) is 5.21. The second-order valence-corrected chi connectivity index (χ2v) is 5.34. The van der Waals surface area contributed by atoms with Crippen LogP contribution in [0.2, 0.25) is 0 Å². The Hall–Kier alpha value is -1.55. The highest BCUT2D eigenvalue weighted by Gasteiger charge is 2.24. The van der Waals surface area contributed by atoms with E-state index in [0.717, 1.165) is 38.2 Å². The van der Waals surface area contributed by atoms with Gasteiger partial charge >= 0.3 is 0 Å².